The normalized spacial score (nSPS) is 16.5. The van der Waals surface area contributed by atoms with Crippen molar-refractivity contribution in [2.45, 2.75) is 39.3 Å². The van der Waals surface area contributed by atoms with Gasteiger partial charge in [0.25, 0.3) is 0 Å². The highest BCUT2D eigenvalue weighted by molar-refractivity contribution is 4.70. The fraction of sp³-hybridized carbons (Fsp3) is 1.00. The molecule has 0 aromatic rings. The summed E-state index contributed by atoms with van der Waals surface area (Å²) in [6.45, 7) is 9.07. The molecule has 0 heterocycles. The van der Waals surface area contributed by atoms with Crippen LogP contribution in [-0.2, 0) is 0 Å². The Kier molecular flexibility index (Phi) is 5.46. The van der Waals surface area contributed by atoms with Gasteiger partial charge in [0.05, 0.1) is 0 Å². The quantitative estimate of drug-likeness (QED) is 0.585. The van der Waals surface area contributed by atoms with E-state index in [2.05, 4.69) is 18.7 Å². The van der Waals surface area contributed by atoms with Crippen molar-refractivity contribution in [3.8, 4) is 0 Å². The van der Waals surface area contributed by atoms with Crippen LogP contribution in [0.3, 0.4) is 0 Å². The standard InChI is InChI=1S/C9H22N2O/c1-4-9(10,12)7-8-11(5-2)6-3/h12H,4-8,10H2,1-3H3. The number of hydrogen-bond donors (Lipinski definition) is 2. The summed E-state index contributed by atoms with van der Waals surface area (Å²) in [5, 5.41) is 9.51. The van der Waals surface area contributed by atoms with Crippen LogP contribution in [0.25, 0.3) is 0 Å². The molecule has 0 aromatic carbocycles. The number of hydrogen-bond acceptors (Lipinski definition) is 3. The highest BCUT2D eigenvalue weighted by Gasteiger charge is 2.18. The summed E-state index contributed by atoms with van der Waals surface area (Å²) in [7, 11) is 0. The predicted octanol–water partition coefficient (Wildman–Crippen LogP) is 0.776. The van der Waals surface area contributed by atoms with Crippen molar-refractivity contribution in [1.82, 2.24) is 4.90 Å². The van der Waals surface area contributed by atoms with Crippen molar-refractivity contribution in [3.63, 3.8) is 0 Å². The lowest BCUT2D eigenvalue weighted by Crippen LogP contribution is -2.42. The molecule has 0 aliphatic carbocycles. The monoisotopic (exact) mass is 174 g/mol. The molecule has 12 heavy (non-hydrogen) atoms. The lowest BCUT2D eigenvalue weighted by atomic mass is 10.1. The molecule has 0 saturated carbocycles. The van der Waals surface area contributed by atoms with Crippen LogP contribution < -0.4 is 5.73 Å². The van der Waals surface area contributed by atoms with Crippen LogP contribution in [0.5, 0.6) is 0 Å². The molecule has 0 aliphatic rings. The van der Waals surface area contributed by atoms with E-state index in [-0.39, 0.29) is 0 Å². The van der Waals surface area contributed by atoms with Gasteiger partial charge in [0.1, 0.15) is 5.72 Å². The Labute approximate surface area is 75.6 Å². The zero-order chi connectivity index (χ0) is 9.61. The molecule has 0 radical (unpaired) electrons. The molecule has 3 nitrogen and oxygen atoms in total. The fourth-order valence-electron chi connectivity index (χ4n) is 1.07. The second-order valence-corrected chi connectivity index (χ2v) is 3.23. The average molecular weight is 174 g/mol. The first-order chi connectivity index (χ1) is 5.55. The summed E-state index contributed by atoms with van der Waals surface area (Å²) in [5.74, 6) is 0. The SMILES string of the molecule is CCN(CC)CCC(N)(O)CC. The van der Waals surface area contributed by atoms with E-state index in [0.717, 1.165) is 19.6 Å². The van der Waals surface area contributed by atoms with Gasteiger partial charge in [-0.25, -0.2) is 0 Å². The Hall–Kier alpha value is -0.120. The molecule has 0 spiro atoms. The number of rotatable bonds is 6. The highest BCUT2D eigenvalue weighted by Crippen LogP contribution is 2.07. The topological polar surface area (TPSA) is 49.5 Å². The first-order valence-corrected chi connectivity index (χ1v) is 4.79. The number of nitrogens with zero attached hydrogens (tertiary/aromatic N) is 1. The van der Waals surface area contributed by atoms with Gasteiger partial charge in [0.2, 0.25) is 0 Å². The molecule has 0 aliphatic heterocycles. The van der Waals surface area contributed by atoms with Gasteiger partial charge >= 0.3 is 0 Å². The molecule has 0 bridgehead atoms. The Bertz CT molecular complexity index is 111. The smallest absolute Gasteiger partial charge is 0.114 e. The largest absolute Gasteiger partial charge is 0.376 e. The molecule has 3 N–H and O–H groups in total. The number of nitrogens with two attached hydrogens (primary N) is 1. The van der Waals surface area contributed by atoms with Crippen molar-refractivity contribution in [2.75, 3.05) is 19.6 Å². The van der Waals surface area contributed by atoms with E-state index in [1.54, 1.807) is 0 Å². The predicted molar refractivity (Wildman–Crippen MR) is 51.8 cm³/mol. The van der Waals surface area contributed by atoms with E-state index in [4.69, 9.17) is 5.73 Å². The van der Waals surface area contributed by atoms with Crippen molar-refractivity contribution >= 4 is 0 Å². The minimum atomic E-state index is -0.970. The van der Waals surface area contributed by atoms with Gasteiger partial charge in [0.15, 0.2) is 0 Å². The summed E-state index contributed by atoms with van der Waals surface area (Å²) in [5.41, 5.74) is 4.63. The van der Waals surface area contributed by atoms with Gasteiger partial charge in [-0.3, -0.25) is 0 Å². The van der Waals surface area contributed by atoms with Crippen LogP contribution in [0.4, 0.5) is 0 Å². The summed E-state index contributed by atoms with van der Waals surface area (Å²) < 4.78 is 0. The fourth-order valence-corrected chi connectivity index (χ4v) is 1.07. The van der Waals surface area contributed by atoms with Gasteiger partial charge in [-0.1, -0.05) is 20.8 Å². The zero-order valence-corrected chi connectivity index (χ0v) is 8.51. The maximum atomic E-state index is 9.51. The van der Waals surface area contributed by atoms with E-state index < -0.39 is 5.72 Å². The van der Waals surface area contributed by atoms with E-state index in [1.807, 2.05) is 6.92 Å². The molecule has 0 amide bonds. The Morgan fingerprint density at radius 2 is 1.75 bits per heavy atom. The lowest BCUT2D eigenvalue weighted by Gasteiger charge is -2.25. The summed E-state index contributed by atoms with van der Waals surface area (Å²) in [4.78, 5) is 2.26. The third-order valence-electron chi connectivity index (χ3n) is 2.37. The van der Waals surface area contributed by atoms with E-state index in [9.17, 15) is 5.11 Å². The average Bonchev–Trinajstić information content (AvgIpc) is 2.06. The molecule has 3 heteroatoms. The molecule has 1 unspecified atom stereocenters. The first kappa shape index (κ1) is 11.9. The minimum absolute atomic E-state index is 0.619. The van der Waals surface area contributed by atoms with Gasteiger partial charge in [0, 0.05) is 13.0 Å². The maximum absolute atomic E-state index is 9.51. The molecule has 0 saturated heterocycles. The van der Waals surface area contributed by atoms with Crippen LogP contribution in [-0.4, -0.2) is 35.4 Å². The van der Waals surface area contributed by atoms with Crippen LogP contribution in [0, 0.1) is 0 Å². The number of aliphatic hydroxyl groups is 1. The van der Waals surface area contributed by atoms with Gasteiger partial charge in [-0.05, 0) is 19.5 Å². The van der Waals surface area contributed by atoms with Crippen LogP contribution >= 0.6 is 0 Å². The second kappa shape index (κ2) is 5.51. The zero-order valence-electron chi connectivity index (χ0n) is 8.51. The van der Waals surface area contributed by atoms with Crippen LogP contribution in [0.2, 0.25) is 0 Å². The molecular weight excluding hydrogens is 152 g/mol. The van der Waals surface area contributed by atoms with Crippen molar-refractivity contribution in [2.24, 2.45) is 5.73 Å². The summed E-state index contributed by atoms with van der Waals surface area (Å²) in [6.07, 6.45) is 1.28. The maximum Gasteiger partial charge on any atom is 0.114 e. The van der Waals surface area contributed by atoms with Gasteiger partial charge in [-0.15, -0.1) is 0 Å². The summed E-state index contributed by atoms with van der Waals surface area (Å²) >= 11 is 0. The van der Waals surface area contributed by atoms with Crippen LogP contribution in [0.15, 0.2) is 0 Å². The second-order valence-electron chi connectivity index (χ2n) is 3.23. The molecule has 0 rings (SSSR count). The van der Waals surface area contributed by atoms with E-state index >= 15 is 0 Å². The van der Waals surface area contributed by atoms with E-state index in [0.29, 0.717) is 12.8 Å². The molecular formula is C9H22N2O. The highest BCUT2D eigenvalue weighted by atomic mass is 16.3. The molecule has 0 aromatic heterocycles. The lowest BCUT2D eigenvalue weighted by molar-refractivity contribution is 0.0246. The Morgan fingerprint density at radius 3 is 2.08 bits per heavy atom. The van der Waals surface area contributed by atoms with Crippen molar-refractivity contribution in [3.05, 3.63) is 0 Å². The summed E-state index contributed by atoms with van der Waals surface area (Å²) in [6, 6.07) is 0. The third kappa shape index (κ3) is 4.70. The molecule has 0 fully saturated rings. The Morgan fingerprint density at radius 1 is 1.25 bits per heavy atom. The Balaban J connectivity index is 3.65. The molecule has 74 valence electrons. The van der Waals surface area contributed by atoms with Gasteiger partial charge in [-0.2, -0.15) is 0 Å². The van der Waals surface area contributed by atoms with Crippen LogP contribution in [0.1, 0.15) is 33.6 Å². The third-order valence-corrected chi connectivity index (χ3v) is 2.37. The van der Waals surface area contributed by atoms with Gasteiger partial charge < -0.3 is 15.7 Å². The van der Waals surface area contributed by atoms with Crippen molar-refractivity contribution < 1.29 is 5.11 Å². The van der Waals surface area contributed by atoms with Crippen molar-refractivity contribution in [1.29, 1.82) is 0 Å². The molecule has 1 atom stereocenters. The first-order valence-electron chi connectivity index (χ1n) is 4.79. The minimum Gasteiger partial charge on any atom is -0.376 e. The van der Waals surface area contributed by atoms with E-state index in [1.165, 1.54) is 0 Å².